The Hall–Kier alpha value is -3.07. The Labute approximate surface area is 252 Å². The smallest absolute Gasteiger partial charge is 0.244 e. The molecule has 41 heavy (non-hydrogen) atoms. The van der Waals surface area contributed by atoms with Gasteiger partial charge in [0.1, 0.15) is 12.6 Å². The van der Waals surface area contributed by atoms with E-state index in [4.69, 9.17) is 23.2 Å². The number of carbonyl (C=O) groups excluding carboxylic acids is 2. The van der Waals surface area contributed by atoms with Crippen LogP contribution in [0.1, 0.15) is 43.2 Å². The lowest BCUT2D eigenvalue weighted by Gasteiger charge is -2.35. The van der Waals surface area contributed by atoms with Gasteiger partial charge in [0.15, 0.2) is 0 Å². The van der Waals surface area contributed by atoms with E-state index in [2.05, 4.69) is 5.32 Å². The molecular formula is C31H35Cl2N3O4S. The lowest BCUT2D eigenvalue weighted by molar-refractivity contribution is -0.140. The van der Waals surface area contributed by atoms with Gasteiger partial charge in [-0.2, -0.15) is 0 Å². The van der Waals surface area contributed by atoms with Crippen LogP contribution in [0.15, 0.2) is 78.9 Å². The Kier molecular flexibility index (Phi) is 10.7. The van der Waals surface area contributed by atoms with Crippen molar-refractivity contribution >= 4 is 50.7 Å². The fourth-order valence-corrected chi connectivity index (χ4v) is 6.37. The molecule has 10 heteroatoms. The number of hydrogen-bond acceptors (Lipinski definition) is 4. The van der Waals surface area contributed by atoms with Crippen LogP contribution >= 0.6 is 23.2 Å². The summed E-state index contributed by atoms with van der Waals surface area (Å²) in [5.41, 5.74) is 1.79. The summed E-state index contributed by atoms with van der Waals surface area (Å²) in [6.07, 6.45) is 6.29. The summed E-state index contributed by atoms with van der Waals surface area (Å²) in [4.78, 5) is 29.6. The van der Waals surface area contributed by atoms with Gasteiger partial charge >= 0.3 is 0 Å². The van der Waals surface area contributed by atoms with Crippen molar-refractivity contribution in [2.24, 2.45) is 0 Å². The van der Waals surface area contributed by atoms with E-state index in [0.717, 1.165) is 48.2 Å². The number of rotatable bonds is 11. The summed E-state index contributed by atoms with van der Waals surface area (Å²) >= 11 is 12.7. The van der Waals surface area contributed by atoms with Crippen LogP contribution in [0.4, 0.5) is 5.69 Å². The van der Waals surface area contributed by atoms with Crippen LogP contribution in [0.2, 0.25) is 10.0 Å². The highest BCUT2D eigenvalue weighted by Gasteiger charge is 2.34. The number of nitrogens with zero attached hydrogens (tertiary/aromatic N) is 2. The van der Waals surface area contributed by atoms with Crippen molar-refractivity contribution in [3.8, 4) is 0 Å². The number of hydrogen-bond donors (Lipinski definition) is 1. The number of sulfonamides is 1. The van der Waals surface area contributed by atoms with Crippen molar-refractivity contribution in [3.63, 3.8) is 0 Å². The van der Waals surface area contributed by atoms with Crippen molar-refractivity contribution in [1.82, 2.24) is 10.2 Å². The molecule has 3 aromatic carbocycles. The number of carbonyl (C=O) groups is 2. The molecule has 0 aliphatic heterocycles. The van der Waals surface area contributed by atoms with Crippen LogP contribution in [0.5, 0.6) is 0 Å². The normalized spacial score (nSPS) is 14.7. The third-order valence-electron chi connectivity index (χ3n) is 7.30. The average molecular weight is 617 g/mol. The van der Waals surface area contributed by atoms with E-state index in [1.807, 2.05) is 36.4 Å². The first-order chi connectivity index (χ1) is 19.6. The summed E-state index contributed by atoms with van der Waals surface area (Å²) in [6.45, 7) is -0.479. The standard InChI is InChI=1S/C31H35Cl2N3O4S/c1-41(39,40)36(27-17-10-14-25(32)20-27)22-30(37)35(21-24-13-8-9-18-28(24)33)29(19-23-11-4-2-5-12-23)31(38)34-26-15-6-3-7-16-26/h2,4-5,8-14,17-18,20,26,29H,3,6-7,15-16,19,21-22H2,1H3,(H,34,38)/t29-/m1/s1. The number of nitrogens with one attached hydrogen (secondary N) is 1. The number of halogens is 2. The minimum absolute atomic E-state index is 0.0290. The highest BCUT2D eigenvalue weighted by Crippen LogP contribution is 2.25. The molecule has 0 saturated heterocycles. The first-order valence-electron chi connectivity index (χ1n) is 13.7. The van der Waals surface area contributed by atoms with Gasteiger partial charge in [-0.15, -0.1) is 0 Å². The molecule has 3 aromatic rings. The molecule has 218 valence electrons. The van der Waals surface area contributed by atoms with E-state index in [1.54, 1.807) is 36.4 Å². The van der Waals surface area contributed by atoms with Gasteiger partial charge in [0.2, 0.25) is 21.8 Å². The number of benzene rings is 3. The molecule has 4 rings (SSSR count). The van der Waals surface area contributed by atoms with Gasteiger partial charge in [-0.05, 0) is 48.2 Å². The van der Waals surface area contributed by atoms with Crippen LogP contribution in [0.25, 0.3) is 0 Å². The van der Waals surface area contributed by atoms with Crippen molar-refractivity contribution in [1.29, 1.82) is 0 Å². The van der Waals surface area contributed by atoms with Gasteiger partial charge < -0.3 is 10.2 Å². The van der Waals surface area contributed by atoms with E-state index in [9.17, 15) is 18.0 Å². The van der Waals surface area contributed by atoms with E-state index in [-0.39, 0.29) is 30.6 Å². The monoisotopic (exact) mass is 615 g/mol. The van der Waals surface area contributed by atoms with Crippen molar-refractivity contribution < 1.29 is 18.0 Å². The summed E-state index contributed by atoms with van der Waals surface area (Å²) in [7, 11) is -3.87. The molecule has 0 radical (unpaired) electrons. The SMILES string of the molecule is CS(=O)(=O)N(CC(=O)N(Cc1ccccc1Cl)[C@H](Cc1ccccc1)C(=O)NC1CCCCC1)c1cccc(Cl)c1. The Morgan fingerprint density at radius 1 is 0.927 bits per heavy atom. The average Bonchev–Trinajstić information content (AvgIpc) is 2.95. The van der Waals surface area contributed by atoms with Crippen LogP contribution < -0.4 is 9.62 Å². The Morgan fingerprint density at radius 3 is 2.27 bits per heavy atom. The minimum atomic E-state index is -3.87. The summed E-state index contributed by atoms with van der Waals surface area (Å²) < 4.78 is 26.8. The van der Waals surface area contributed by atoms with Gasteiger partial charge in [-0.3, -0.25) is 13.9 Å². The van der Waals surface area contributed by atoms with Gasteiger partial charge in [-0.1, -0.05) is 97.1 Å². The minimum Gasteiger partial charge on any atom is -0.352 e. The van der Waals surface area contributed by atoms with Gasteiger partial charge in [-0.25, -0.2) is 8.42 Å². The van der Waals surface area contributed by atoms with Crippen LogP contribution in [-0.2, 0) is 32.6 Å². The molecule has 1 saturated carbocycles. The topological polar surface area (TPSA) is 86.8 Å². The van der Waals surface area contributed by atoms with E-state index in [0.29, 0.717) is 15.6 Å². The predicted molar refractivity (Wildman–Crippen MR) is 165 cm³/mol. The number of anilines is 1. The summed E-state index contributed by atoms with van der Waals surface area (Å²) in [6, 6.07) is 22.1. The van der Waals surface area contributed by atoms with Crippen LogP contribution in [0.3, 0.4) is 0 Å². The molecule has 7 nitrogen and oxygen atoms in total. The van der Waals surface area contributed by atoms with E-state index < -0.39 is 28.5 Å². The Morgan fingerprint density at radius 2 is 1.61 bits per heavy atom. The molecule has 1 aliphatic rings. The van der Waals surface area contributed by atoms with Crippen molar-refractivity contribution in [3.05, 3.63) is 100 Å². The molecule has 0 heterocycles. The summed E-state index contributed by atoms with van der Waals surface area (Å²) in [5, 5.41) is 3.97. The van der Waals surface area contributed by atoms with Gasteiger partial charge in [0.25, 0.3) is 0 Å². The van der Waals surface area contributed by atoms with E-state index in [1.165, 1.54) is 11.0 Å². The Bertz CT molecular complexity index is 1450. The van der Waals surface area contributed by atoms with Crippen molar-refractivity contribution in [2.45, 2.75) is 57.2 Å². The maximum atomic E-state index is 14.2. The zero-order valence-corrected chi connectivity index (χ0v) is 25.3. The fraction of sp³-hybridized carbons (Fsp3) is 0.355. The molecule has 0 spiro atoms. The van der Waals surface area contributed by atoms with E-state index >= 15 is 0 Å². The third-order valence-corrected chi connectivity index (χ3v) is 9.04. The maximum absolute atomic E-state index is 14.2. The second-order valence-electron chi connectivity index (χ2n) is 10.4. The highest BCUT2D eigenvalue weighted by atomic mass is 35.5. The van der Waals surface area contributed by atoms with Crippen LogP contribution in [-0.4, -0.2) is 50.0 Å². The number of amides is 2. The lowest BCUT2D eigenvalue weighted by atomic mass is 9.94. The molecule has 0 bridgehead atoms. The largest absolute Gasteiger partial charge is 0.352 e. The molecule has 1 N–H and O–H groups in total. The fourth-order valence-electron chi connectivity index (χ4n) is 5.15. The summed E-state index contributed by atoms with van der Waals surface area (Å²) in [5.74, 6) is -0.801. The third kappa shape index (κ3) is 8.71. The Balaban J connectivity index is 1.73. The molecule has 0 aromatic heterocycles. The second-order valence-corrected chi connectivity index (χ2v) is 13.2. The van der Waals surface area contributed by atoms with Crippen molar-refractivity contribution in [2.75, 3.05) is 17.1 Å². The van der Waals surface area contributed by atoms with Gasteiger partial charge in [0, 0.05) is 29.1 Å². The predicted octanol–water partition coefficient (Wildman–Crippen LogP) is 5.85. The highest BCUT2D eigenvalue weighted by molar-refractivity contribution is 7.92. The zero-order chi connectivity index (χ0) is 29.4. The molecule has 1 aliphatic carbocycles. The molecule has 2 amide bonds. The molecule has 0 unspecified atom stereocenters. The van der Waals surface area contributed by atoms with Crippen LogP contribution in [0, 0.1) is 0 Å². The quantitative estimate of drug-likeness (QED) is 0.293. The molecular weight excluding hydrogens is 581 g/mol. The lowest BCUT2D eigenvalue weighted by Crippen LogP contribution is -2.55. The first-order valence-corrected chi connectivity index (χ1v) is 16.3. The molecule has 1 fully saturated rings. The zero-order valence-electron chi connectivity index (χ0n) is 23.0. The maximum Gasteiger partial charge on any atom is 0.244 e. The van der Waals surface area contributed by atoms with Gasteiger partial charge in [0.05, 0.1) is 11.9 Å². The first kappa shape index (κ1) is 30.9. The molecule has 1 atom stereocenters. The second kappa shape index (κ2) is 14.2.